The Morgan fingerprint density at radius 2 is 1.85 bits per heavy atom. The molecule has 1 aliphatic heterocycles. The van der Waals surface area contributed by atoms with E-state index in [9.17, 15) is 9.18 Å². The lowest BCUT2D eigenvalue weighted by molar-refractivity contribution is -0.127. The molecule has 27 heavy (non-hydrogen) atoms. The molecule has 0 bridgehead atoms. The van der Waals surface area contributed by atoms with Crippen LogP contribution >= 0.6 is 0 Å². The van der Waals surface area contributed by atoms with Crippen molar-refractivity contribution in [3.63, 3.8) is 0 Å². The van der Waals surface area contributed by atoms with Crippen LogP contribution in [0.25, 0.3) is 0 Å². The highest BCUT2D eigenvalue weighted by atomic mass is 19.1. The molecule has 1 aliphatic carbocycles. The number of amides is 1. The highest BCUT2D eigenvalue weighted by Crippen LogP contribution is 2.21. The topological polar surface area (TPSA) is 51.2 Å². The number of nitrogens with one attached hydrogen (secondary N) is 1. The third-order valence-corrected chi connectivity index (χ3v) is 5.32. The number of rotatable bonds is 4. The molecule has 1 heterocycles. The smallest absolute Gasteiger partial charge is 0.243 e. The van der Waals surface area contributed by atoms with Gasteiger partial charge in [-0.05, 0) is 25.0 Å². The molecule has 0 spiro atoms. The van der Waals surface area contributed by atoms with Gasteiger partial charge in [0.25, 0.3) is 0 Å². The van der Waals surface area contributed by atoms with Gasteiger partial charge in [0.2, 0.25) is 5.91 Å². The molecule has 3 rings (SSSR count). The van der Waals surface area contributed by atoms with E-state index in [1.807, 2.05) is 12.1 Å². The van der Waals surface area contributed by atoms with Crippen LogP contribution in [0.1, 0.15) is 25.7 Å². The van der Waals surface area contributed by atoms with Crippen LogP contribution in [0.5, 0.6) is 0 Å². The minimum Gasteiger partial charge on any atom is -0.366 e. The Morgan fingerprint density at radius 3 is 2.48 bits per heavy atom. The minimum absolute atomic E-state index is 0.00860. The summed E-state index contributed by atoms with van der Waals surface area (Å²) in [5.74, 6) is 0.622. The SMILES string of the molecule is CN(C)C(=O)CN=C(NC1CCCC1)N1CCN(c2ccccc2F)CC1. The fourth-order valence-corrected chi connectivity index (χ4v) is 3.64. The fraction of sp³-hybridized carbons (Fsp3) is 0.600. The molecule has 2 fully saturated rings. The molecule has 6 nitrogen and oxygen atoms in total. The lowest BCUT2D eigenvalue weighted by Crippen LogP contribution is -2.54. The number of guanidine groups is 1. The molecule has 0 radical (unpaired) electrons. The van der Waals surface area contributed by atoms with Gasteiger partial charge in [0.1, 0.15) is 12.4 Å². The standard InChI is InChI=1S/C20H30FN5O/c1-24(2)19(27)15-22-20(23-16-7-3-4-8-16)26-13-11-25(12-14-26)18-10-6-5-9-17(18)21/h5-6,9-10,16H,3-4,7-8,11-15H2,1-2H3,(H,22,23). The highest BCUT2D eigenvalue weighted by Gasteiger charge is 2.24. The zero-order chi connectivity index (χ0) is 19.2. The summed E-state index contributed by atoms with van der Waals surface area (Å²) < 4.78 is 14.1. The summed E-state index contributed by atoms with van der Waals surface area (Å²) in [5, 5.41) is 3.56. The quantitative estimate of drug-likeness (QED) is 0.645. The van der Waals surface area contributed by atoms with E-state index in [2.05, 4.69) is 20.1 Å². The van der Waals surface area contributed by atoms with Crippen LogP contribution in [0.4, 0.5) is 10.1 Å². The van der Waals surface area contributed by atoms with Gasteiger partial charge in [0.05, 0.1) is 5.69 Å². The molecule has 1 aromatic carbocycles. The molecule has 1 saturated heterocycles. The van der Waals surface area contributed by atoms with E-state index in [1.165, 1.54) is 18.9 Å². The largest absolute Gasteiger partial charge is 0.366 e. The van der Waals surface area contributed by atoms with E-state index in [0.29, 0.717) is 11.7 Å². The second-order valence-corrected chi connectivity index (χ2v) is 7.48. The number of hydrogen-bond acceptors (Lipinski definition) is 3. The normalized spacial score (nSPS) is 18.7. The van der Waals surface area contributed by atoms with Gasteiger partial charge in [0, 0.05) is 46.3 Å². The molecule has 1 aromatic rings. The van der Waals surface area contributed by atoms with Gasteiger partial charge in [-0.1, -0.05) is 25.0 Å². The number of para-hydroxylation sites is 1. The Bertz CT molecular complexity index is 664. The summed E-state index contributed by atoms with van der Waals surface area (Å²) in [7, 11) is 3.49. The first kappa shape index (κ1) is 19.5. The molecule has 1 amide bonds. The lowest BCUT2D eigenvalue weighted by atomic mass is 10.2. The maximum atomic E-state index is 14.1. The maximum absolute atomic E-state index is 14.1. The molecular weight excluding hydrogens is 345 g/mol. The van der Waals surface area contributed by atoms with E-state index in [4.69, 9.17) is 0 Å². The Morgan fingerprint density at radius 1 is 1.19 bits per heavy atom. The monoisotopic (exact) mass is 375 g/mol. The number of aliphatic imine (C=N–C) groups is 1. The molecule has 1 saturated carbocycles. The Labute approximate surface area is 161 Å². The molecule has 0 aromatic heterocycles. The van der Waals surface area contributed by atoms with Crippen LogP contribution in [0.15, 0.2) is 29.3 Å². The van der Waals surface area contributed by atoms with E-state index in [0.717, 1.165) is 45.0 Å². The molecule has 148 valence electrons. The lowest BCUT2D eigenvalue weighted by Gasteiger charge is -2.38. The summed E-state index contributed by atoms with van der Waals surface area (Å²) in [5.41, 5.74) is 0.655. The van der Waals surface area contributed by atoms with Gasteiger partial charge in [-0.2, -0.15) is 0 Å². The first-order chi connectivity index (χ1) is 13.0. The molecule has 0 unspecified atom stereocenters. The number of nitrogens with zero attached hydrogens (tertiary/aromatic N) is 4. The average Bonchev–Trinajstić information content (AvgIpc) is 3.18. The molecule has 2 aliphatic rings. The van der Waals surface area contributed by atoms with Gasteiger partial charge in [0.15, 0.2) is 5.96 Å². The predicted molar refractivity (Wildman–Crippen MR) is 107 cm³/mol. The van der Waals surface area contributed by atoms with E-state index in [1.54, 1.807) is 25.1 Å². The number of halogens is 1. The van der Waals surface area contributed by atoms with Crippen LogP contribution < -0.4 is 10.2 Å². The number of likely N-dealkylation sites (N-methyl/N-ethyl adjacent to an activating group) is 1. The minimum atomic E-state index is -0.180. The van der Waals surface area contributed by atoms with Gasteiger partial charge in [-0.25, -0.2) is 9.38 Å². The molecule has 1 N–H and O–H groups in total. The van der Waals surface area contributed by atoms with E-state index in [-0.39, 0.29) is 18.3 Å². The fourth-order valence-electron chi connectivity index (χ4n) is 3.64. The number of carbonyl (C=O) groups is 1. The van der Waals surface area contributed by atoms with Crippen LogP contribution in [-0.4, -0.2) is 74.5 Å². The maximum Gasteiger partial charge on any atom is 0.243 e. The van der Waals surface area contributed by atoms with Crippen molar-refractivity contribution in [3.05, 3.63) is 30.1 Å². The van der Waals surface area contributed by atoms with Crippen LogP contribution in [0.2, 0.25) is 0 Å². The first-order valence-corrected chi connectivity index (χ1v) is 9.80. The van der Waals surface area contributed by atoms with Gasteiger partial charge in [-0.15, -0.1) is 0 Å². The van der Waals surface area contributed by atoms with Crippen molar-refractivity contribution in [2.24, 2.45) is 4.99 Å². The number of piperazine rings is 1. The van der Waals surface area contributed by atoms with E-state index < -0.39 is 0 Å². The number of benzene rings is 1. The Kier molecular flexibility index (Phi) is 6.53. The van der Waals surface area contributed by atoms with Crippen molar-refractivity contribution in [1.82, 2.24) is 15.1 Å². The van der Waals surface area contributed by atoms with Crippen LogP contribution in [-0.2, 0) is 4.79 Å². The van der Waals surface area contributed by atoms with Crippen molar-refractivity contribution in [1.29, 1.82) is 0 Å². The average molecular weight is 375 g/mol. The van der Waals surface area contributed by atoms with Gasteiger partial charge < -0.3 is 20.0 Å². The third-order valence-electron chi connectivity index (χ3n) is 5.32. The first-order valence-electron chi connectivity index (χ1n) is 9.80. The predicted octanol–water partition coefficient (Wildman–Crippen LogP) is 1.92. The summed E-state index contributed by atoms with van der Waals surface area (Å²) in [4.78, 5) is 22.4. The summed E-state index contributed by atoms with van der Waals surface area (Å²) in [6.45, 7) is 3.11. The van der Waals surface area contributed by atoms with Crippen molar-refractivity contribution in [2.45, 2.75) is 31.7 Å². The van der Waals surface area contributed by atoms with Crippen LogP contribution in [0, 0.1) is 5.82 Å². The summed E-state index contributed by atoms with van der Waals surface area (Å²) >= 11 is 0. The van der Waals surface area contributed by atoms with Crippen LogP contribution in [0.3, 0.4) is 0 Å². The van der Waals surface area contributed by atoms with Gasteiger partial charge in [-0.3, -0.25) is 4.79 Å². The second kappa shape index (κ2) is 9.06. The van der Waals surface area contributed by atoms with E-state index >= 15 is 0 Å². The Balaban J connectivity index is 1.65. The summed E-state index contributed by atoms with van der Waals surface area (Å²) in [6.07, 6.45) is 4.77. The highest BCUT2D eigenvalue weighted by molar-refractivity contribution is 5.85. The number of anilines is 1. The van der Waals surface area contributed by atoms with Crippen molar-refractivity contribution in [3.8, 4) is 0 Å². The molecular formula is C20H30FN5O. The van der Waals surface area contributed by atoms with Crippen molar-refractivity contribution < 1.29 is 9.18 Å². The van der Waals surface area contributed by atoms with Crippen molar-refractivity contribution >= 4 is 17.6 Å². The summed E-state index contributed by atoms with van der Waals surface area (Å²) in [6, 6.07) is 7.34. The van der Waals surface area contributed by atoms with Crippen molar-refractivity contribution in [2.75, 3.05) is 51.7 Å². The zero-order valence-corrected chi connectivity index (χ0v) is 16.3. The molecule has 7 heteroatoms. The third kappa shape index (κ3) is 5.11. The zero-order valence-electron chi connectivity index (χ0n) is 16.3. The van der Waals surface area contributed by atoms with Gasteiger partial charge >= 0.3 is 0 Å². The second-order valence-electron chi connectivity index (χ2n) is 7.48. The Hall–Kier alpha value is -2.31. The molecule has 0 atom stereocenters. The number of carbonyl (C=O) groups excluding carboxylic acids is 1. The number of hydrogen-bond donors (Lipinski definition) is 1.